The summed E-state index contributed by atoms with van der Waals surface area (Å²) in [4.78, 5) is 9.51. The van der Waals surface area contributed by atoms with E-state index in [1.807, 2.05) is 6.07 Å². The van der Waals surface area contributed by atoms with E-state index in [2.05, 4.69) is 9.97 Å². The molecule has 2 rings (SSSR count). The van der Waals surface area contributed by atoms with Gasteiger partial charge in [0.15, 0.2) is 5.69 Å². The number of nitriles is 1. The Balaban J connectivity index is 2.05. The second kappa shape index (κ2) is 3.67. The first-order valence-corrected chi connectivity index (χ1v) is 4.85. The van der Waals surface area contributed by atoms with Gasteiger partial charge in [-0.15, -0.1) is 0 Å². The van der Waals surface area contributed by atoms with Crippen LogP contribution in [0.4, 0.5) is 14.6 Å². The van der Waals surface area contributed by atoms with Gasteiger partial charge in [-0.25, -0.2) is 18.7 Å². The highest BCUT2D eigenvalue weighted by molar-refractivity contribution is 5.38. The Morgan fingerprint density at radius 2 is 2.12 bits per heavy atom. The minimum Gasteiger partial charge on any atom is -0.355 e. The molecule has 6 heteroatoms. The van der Waals surface area contributed by atoms with Gasteiger partial charge >= 0.3 is 0 Å². The summed E-state index contributed by atoms with van der Waals surface area (Å²) < 4.78 is 25.4. The molecule has 0 aliphatic heterocycles. The van der Waals surface area contributed by atoms with Crippen LogP contribution in [0, 0.1) is 11.3 Å². The molecule has 1 aliphatic carbocycles. The molecule has 16 heavy (non-hydrogen) atoms. The van der Waals surface area contributed by atoms with Crippen LogP contribution >= 0.6 is 0 Å². The fourth-order valence-corrected chi connectivity index (χ4v) is 1.65. The lowest BCUT2D eigenvalue weighted by Gasteiger charge is -2.41. The van der Waals surface area contributed by atoms with Crippen molar-refractivity contribution in [2.75, 3.05) is 11.9 Å². The zero-order valence-corrected chi connectivity index (χ0v) is 8.69. The molecule has 0 saturated heterocycles. The highest BCUT2D eigenvalue weighted by Gasteiger charge is 2.47. The van der Waals surface area contributed by atoms with Gasteiger partial charge in [0.1, 0.15) is 11.9 Å². The number of aromatic nitrogens is 2. The summed E-state index contributed by atoms with van der Waals surface area (Å²) in [5, 5.41) is 8.54. The van der Waals surface area contributed by atoms with Crippen LogP contribution in [0.1, 0.15) is 18.5 Å². The smallest absolute Gasteiger partial charge is 0.252 e. The summed E-state index contributed by atoms with van der Waals surface area (Å²) in [6.45, 7) is 0. The van der Waals surface area contributed by atoms with Gasteiger partial charge in [-0.05, 0) is 0 Å². The first-order valence-electron chi connectivity index (χ1n) is 4.85. The average Bonchev–Trinajstić information content (AvgIpc) is 2.25. The molecule has 1 saturated carbocycles. The Hall–Kier alpha value is -1.77. The molecule has 0 N–H and O–H groups in total. The maximum Gasteiger partial charge on any atom is 0.252 e. The van der Waals surface area contributed by atoms with Gasteiger partial charge in [-0.2, -0.15) is 5.26 Å². The number of hydrogen-bond acceptors (Lipinski definition) is 4. The maximum absolute atomic E-state index is 12.7. The molecule has 4 nitrogen and oxygen atoms in total. The number of nitrogens with zero attached hydrogens (tertiary/aromatic N) is 4. The predicted octanol–water partition coefficient (Wildman–Crippen LogP) is 1.58. The quantitative estimate of drug-likeness (QED) is 0.765. The van der Waals surface area contributed by atoms with Crippen LogP contribution in [0.5, 0.6) is 0 Å². The van der Waals surface area contributed by atoms with Crippen LogP contribution in [-0.4, -0.2) is 29.0 Å². The van der Waals surface area contributed by atoms with E-state index in [-0.39, 0.29) is 24.6 Å². The third kappa shape index (κ3) is 1.94. The molecule has 1 aliphatic rings. The van der Waals surface area contributed by atoms with Gasteiger partial charge in [0.25, 0.3) is 5.92 Å². The van der Waals surface area contributed by atoms with Crippen molar-refractivity contribution in [3.05, 3.63) is 18.1 Å². The highest BCUT2D eigenvalue weighted by Crippen LogP contribution is 2.40. The monoisotopic (exact) mass is 224 g/mol. The maximum atomic E-state index is 12.7. The molecule has 1 aromatic rings. The zero-order chi connectivity index (χ0) is 11.8. The third-order valence-corrected chi connectivity index (χ3v) is 2.73. The van der Waals surface area contributed by atoms with Crippen molar-refractivity contribution < 1.29 is 8.78 Å². The summed E-state index contributed by atoms with van der Waals surface area (Å²) in [5.74, 6) is -2.03. The van der Waals surface area contributed by atoms with Crippen LogP contribution in [0.2, 0.25) is 0 Å². The van der Waals surface area contributed by atoms with Crippen molar-refractivity contribution in [2.24, 2.45) is 0 Å². The van der Waals surface area contributed by atoms with Crippen LogP contribution in [0.3, 0.4) is 0 Å². The molecule has 0 unspecified atom stereocenters. The lowest BCUT2D eigenvalue weighted by atomic mass is 9.87. The van der Waals surface area contributed by atoms with Crippen LogP contribution < -0.4 is 4.90 Å². The fourth-order valence-electron chi connectivity index (χ4n) is 1.65. The molecule has 0 bridgehead atoms. The molecule has 1 heterocycles. The van der Waals surface area contributed by atoms with Gasteiger partial charge in [-0.3, -0.25) is 0 Å². The minimum atomic E-state index is -2.54. The van der Waals surface area contributed by atoms with Crippen LogP contribution in [0.25, 0.3) is 0 Å². The molecule has 1 fully saturated rings. The lowest BCUT2D eigenvalue weighted by molar-refractivity contribution is -0.0850. The number of hydrogen-bond donors (Lipinski definition) is 0. The van der Waals surface area contributed by atoms with Crippen LogP contribution in [0.15, 0.2) is 12.4 Å². The largest absolute Gasteiger partial charge is 0.355 e. The topological polar surface area (TPSA) is 52.8 Å². The first-order chi connectivity index (χ1) is 7.52. The van der Waals surface area contributed by atoms with Crippen LogP contribution in [-0.2, 0) is 0 Å². The molecule has 0 atom stereocenters. The fraction of sp³-hybridized carbons (Fsp3) is 0.500. The van der Waals surface area contributed by atoms with Gasteiger partial charge in [0.05, 0.1) is 12.4 Å². The molecule has 1 aromatic heterocycles. The molecular formula is C10H10F2N4. The molecule has 0 spiro atoms. The van der Waals surface area contributed by atoms with E-state index in [0.717, 1.165) is 0 Å². The molecule has 0 aromatic carbocycles. The summed E-state index contributed by atoms with van der Waals surface area (Å²) in [6, 6.07) is 1.65. The number of alkyl halides is 2. The Morgan fingerprint density at radius 3 is 2.56 bits per heavy atom. The Labute approximate surface area is 91.5 Å². The van der Waals surface area contributed by atoms with Gasteiger partial charge < -0.3 is 4.90 Å². The van der Waals surface area contributed by atoms with E-state index in [0.29, 0.717) is 5.82 Å². The van der Waals surface area contributed by atoms with Crippen molar-refractivity contribution in [3.63, 3.8) is 0 Å². The number of halogens is 2. The Bertz CT molecular complexity index is 415. The van der Waals surface area contributed by atoms with Crippen molar-refractivity contribution in [2.45, 2.75) is 24.8 Å². The normalized spacial score (nSPS) is 18.6. The number of rotatable bonds is 2. The summed E-state index contributed by atoms with van der Waals surface area (Å²) in [6.07, 6.45) is 2.47. The van der Waals surface area contributed by atoms with Crippen molar-refractivity contribution in [3.8, 4) is 6.07 Å². The van der Waals surface area contributed by atoms with Crippen molar-refractivity contribution in [1.29, 1.82) is 5.26 Å². The third-order valence-electron chi connectivity index (χ3n) is 2.73. The van der Waals surface area contributed by atoms with E-state index in [1.54, 1.807) is 11.9 Å². The van der Waals surface area contributed by atoms with Gasteiger partial charge in [0, 0.05) is 25.9 Å². The Morgan fingerprint density at radius 1 is 1.44 bits per heavy atom. The van der Waals surface area contributed by atoms with E-state index >= 15 is 0 Å². The standard InChI is InChI=1S/C10H10F2N4/c1-16(8-2-10(11,12)3-8)9-6-14-7(4-13)5-15-9/h5-6,8H,2-3H2,1H3. The molecular weight excluding hydrogens is 214 g/mol. The summed E-state index contributed by atoms with van der Waals surface area (Å²) in [7, 11) is 1.70. The number of anilines is 1. The summed E-state index contributed by atoms with van der Waals surface area (Å²) in [5.41, 5.74) is 0.219. The summed E-state index contributed by atoms with van der Waals surface area (Å²) >= 11 is 0. The SMILES string of the molecule is CN(c1cnc(C#N)cn1)C1CC(F)(F)C1. The molecule has 0 radical (unpaired) electrons. The van der Waals surface area contributed by atoms with Crippen molar-refractivity contribution >= 4 is 5.82 Å². The lowest BCUT2D eigenvalue weighted by Crippen LogP contribution is -2.49. The second-order valence-corrected chi connectivity index (χ2v) is 3.90. The van der Waals surface area contributed by atoms with E-state index in [9.17, 15) is 8.78 Å². The Kier molecular flexibility index (Phi) is 2.46. The highest BCUT2D eigenvalue weighted by atomic mass is 19.3. The van der Waals surface area contributed by atoms with Gasteiger partial charge in [-0.1, -0.05) is 0 Å². The van der Waals surface area contributed by atoms with Crippen molar-refractivity contribution in [1.82, 2.24) is 9.97 Å². The predicted molar refractivity (Wildman–Crippen MR) is 53.1 cm³/mol. The first kappa shape index (κ1) is 10.7. The minimum absolute atomic E-state index is 0.148. The average molecular weight is 224 g/mol. The van der Waals surface area contributed by atoms with E-state index in [1.165, 1.54) is 12.4 Å². The zero-order valence-electron chi connectivity index (χ0n) is 8.69. The van der Waals surface area contributed by atoms with E-state index < -0.39 is 5.92 Å². The molecule has 84 valence electrons. The second-order valence-electron chi connectivity index (χ2n) is 3.90. The van der Waals surface area contributed by atoms with E-state index in [4.69, 9.17) is 5.26 Å². The van der Waals surface area contributed by atoms with Gasteiger partial charge in [0.2, 0.25) is 0 Å². The molecule has 0 amide bonds.